The fourth-order valence-corrected chi connectivity index (χ4v) is 3.98. The molecule has 3 aromatic rings. The van der Waals surface area contributed by atoms with Crippen LogP contribution in [-0.4, -0.2) is 36.7 Å². The van der Waals surface area contributed by atoms with Crippen LogP contribution in [0.1, 0.15) is 29.9 Å². The molecule has 1 aromatic carbocycles. The summed E-state index contributed by atoms with van der Waals surface area (Å²) in [6.07, 6.45) is 0. The highest BCUT2D eigenvalue weighted by Crippen LogP contribution is 2.26. The largest absolute Gasteiger partial charge is 0.345 e. The number of carbonyl (C=O) groups is 1. The molecule has 138 valence electrons. The number of aromatic nitrogens is 1. The van der Waals surface area contributed by atoms with Crippen molar-refractivity contribution in [1.82, 2.24) is 9.88 Å². The van der Waals surface area contributed by atoms with E-state index in [0.29, 0.717) is 18.8 Å². The third-order valence-corrected chi connectivity index (χ3v) is 5.63. The van der Waals surface area contributed by atoms with Crippen LogP contribution in [0.2, 0.25) is 0 Å². The fraction of sp³-hybridized carbons (Fsp3) is 0.350. The van der Waals surface area contributed by atoms with E-state index in [0.717, 1.165) is 35.4 Å². The van der Waals surface area contributed by atoms with E-state index in [2.05, 4.69) is 19.2 Å². The second kappa shape index (κ2) is 8.47. The third kappa shape index (κ3) is 4.14. The molecular weight excluding hydrogens is 349 g/mol. The van der Waals surface area contributed by atoms with Crippen molar-refractivity contribution in [3.8, 4) is 0 Å². The minimum atomic E-state index is -0.251. The van der Waals surface area contributed by atoms with Crippen molar-refractivity contribution in [2.75, 3.05) is 26.2 Å². The van der Waals surface area contributed by atoms with E-state index in [1.165, 1.54) is 17.0 Å². The van der Waals surface area contributed by atoms with Crippen LogP contribution < -0.4 is 10.2 Å². The van der Waals surface area contributed by atoms with Crippen molar-refractivity contribution in [2.45, 2.75) is 20.4 Å². The summed E-state index contributed by atoms with van der Waals surface area (Å²) in [7, 11) is 0. The minimum absolute atomic E-state index is 0.0536. The Hall–Kier alpha value is -2.18. The van der Waals surface area contributed by atoms with Gasteiger partial charge >= 0.3 is 0 Å². The Labute approximate surface area is 157 Å². The van der Waals surface area contributed by atoms with Gasteiger partial charge in [0, 0.05) is 6.54 Å². The molecule has 0 bridgehead atoms. The molecule has 0 atom stereocenters. The molecule has 2 N–H and O–H groups in total. The van der Waals surface area contributed by atoms with E-state index in [-0.39, 0.29) is 11.7 Å². The van der Waals surface area contributed by atoms with Gasteiger partial charge in [-0.3, -0.25) is 4.79 Å². The van der Waals surface area contributed by atoms with Gasteiger partial charge in [0.25, 0.3) is 5.91 Å². The number of hydrogen-bond donors (Lipinski definition) is 2. The molecule has 26 heavy (non-hydrogen) atoms. The molecule has 0 aliphatic rings. The van der Waals surface area contributed by atoms with Crippen molar-refractivity contribution >= 4 is 27.5 Å². The number of carbonyl (C=O) groups excluding carboxylic acids is 1. The normalized spacial score (nSPS) is 11.4. The van der Waals surface area contributed by atoms with Crippen LogP contribution in [0.4, 0.5) is 4.39 Å². The lowest BCUT2D eigenvalue weighted by atomic mass is 10.2. The van der Waals surface area contributed by atoms with E-state index in [1.807, 2.05) is 22.1 Å². The first-order valence-corrected chi connectivity index (χ1v) is 9.93. The molecule has 0 spiro atoms. The number of amides is 1. The highest BCUT2D eigenvalue weighted by atomic mass is 32.1. The van der Waals surface area contributed by atoms with E-state index < -0.39 is 0 Å². The van der Waals surface area contributed by atoms with Crippen LogP contribution >= 0.6 is 11.3 Å². The Balaban J connectivity index is 1.78. The molecule has 1 amide bonds. The van der Waals surface area contributed by atoms with Gasteiger partial charge in [-0.15, -0.1) is 11.3 Å². The van der Waals surface area contributed by atoms with E-state index in [1.54, 1.807) is 23.5 Å². The lowest BCUT2D eigenvalue weighted by molar-refractivity contribution is -0.895. The maximum absolute atomic E-state index is 13.2. The number of benzene rings is 1. The summed E-state index contributed by atoms with van der Waals surface area (Å²) in [6, 6.07) is 10.4. The first-order chi connectivity index (χ1) is 12.6. The van der Waals surface area contributed by atoms with Crippen molar-refractivity contribution in [3.05, 3.63) is 58.9 Å². The molecule has 0 fully saturated rings. The average molecular weight is 375 g/mol. The number of fused-ring (bicyclic) bond motifs is 1. The predicted molar refractivity (Wildman–Crippen MR) is 105 cm³/mol. The Morgan fingerprint density at radius 2 is 1.92 bits per heavy atom. The standard InChI is InChI=1S/C20H24FN3OS/c1-3-23(4-2)11-10-22-20(25)18-13-19-17(9-12-26-19)24(18)14-15-5-7-16(21)8-6-15/h5-9,12-13H,3-4,10-11,14H2,1-2H3,(H,22,25)/p+1. The number of rotatable bonds is 8. The summed E-state index contributed by atoms with van der Waals surface area (Å²) >= 11 is 1.62. The van der Waals surface area contributed by atoms with Gasteiger partial charge in [-0.1, -0.05) is 12.1 Å². The Kier molecular flexibility index (Phi) is 6.06. The molecular formula is C20H25FN3OS+. The molecule has 0 saturated carbocycles. The molecule has 0 radical (unpaired) electrons. The van der Waals surface area contributed by atoms with Gasteiger partial charge in [-0.2, -0.15) is 0 Å². The quantitative estimate of drug-likeness (QED) is 0.625. The maximum atomic E-state index is 13.2. The summed E-state index contributed by atoms with van der Waals surface area (Å²) in [4.78, 5) is 14.2. The number of halogens is 1. The fourth-order valence-electron chi connectivity index (χ4n) is 3.15. The summed E-state index contributed by atoms with van der Waals surface area (Å²) < 4.78 is 16.3. The Morgan fingerprint density at radius 1 is 1.19 bits per heavy atom. The zero-order valence-electron chi connectivity index (χ0n) is 15.2. The number of likely N-dealkylation sites (N-methyl/N-ethyl adjacent to an activating group) is 1. The molecule has 0 aliphatic carbocycles. The summed E-state index contributed by atoms with van der Waals surface area (Å²) in [5.74, 6) is -0.305. The lowest BCUT2D eigenvalue weighted by Gasteiger charge is -2.16. The van der Waals surface area contributed by atoms with Crippen LogP contribution in [0.3, 0.4) is 0 Å². The van der Waals surface area contributed by atoms with Gasteiger partial charge in [0.15, 0.2) is 0 Å². The Bertz CT molecular complexity index is 865. The predicted octanol–water partition coefficient (Wildman–Crippen LogP) is 2.54. The van der Waals surface area contributed by atoms with Gasteiger partial charge in [-0.05, 0) is 49.1 Å². The average Bonchev–Trinajstić information content (AvgIpc) is 3.23. The Morgan fingerprint density at radius 3 is 2.62 bits per heavy atom. The van der Waals surface area contributed by atoms with E-state index in [9.17, 15) is 9.18 Å². The first-order valence-electron chi connectivity index (χ1n) is 9.05. The van der Waals surface area contributed by atoms with Gasteiger partial charge in [-0.25, -0.2) is 4.39 Å². The molecule has 2 aromatic heterocycles. The molecule has 3 rings (SSSR count). The van der Waals surface area contributed by atoms with Crippen molar-refractivity contribution in [3.63, 3.8) is 0 Å². The second-order valence-electron chi connectivity index (χ2n) is 6.38. The van der Waals surface area contributed by atoms with Gasteiger partial charge in [0.1, 0.15) is 11.5 Å². The number of quaternary nitrogens is 1. The zero-order chi connectivity index (χ0) is 18.5. The highest BCUT2D eigenvalue weighted by Gasteiger charge is 2.17. The lowest BCUT2D eigenvalue weighted by Crippen LogP contribution is -3.12. The molecule has 2 heterocycles. The second-order valence-corrected chi connectivity index (χ2v) is 7.32. The van der Waals surface area contributed by atoms with Crippen LogP contribution in [0.15, 0.2) is 41.8 Å². The smallest absolute Gasteiger partial charge is 0.268 e. The molecule has 4 nitrogen and oxygen atoms in total. The van der Waals surface area contributed by atoms with Crippen molar-refractivity contribution in [2.24, 2.45) is 0 Å². The maximum Gasteiger partial charge on any atom is 0.268 e. The highest BCUT2D eigenvalue weighted by molar-refractivity contribution is 7.17. The van der Waals surface area contributed by atoms with Crippen LogP contribution in [0.5, 0.6) is 0 Å². The van der Waals surface area contributed by atoms with Crippen molar-refractivity contribution in [1.29, 1.82) is 0 Å². The summed E-state index contributed by atoms with van der Waals surface area (Å²) in [6.45, 7) is 8.55. The first kappa shape index (κ1) is 18.6. The van der Waals surface area contributed by atoms with Crippen molar-refractivity contribution < 1.29 is 14.1 Å². The topological polar surface area (TPSA) is 38.5 Å². The number of nitrogens with one attached hydrogen (secondary N) is 2. The molecule has 0 saturated heterocycles. The zero-order valence-corrected chi connectivity index (χ0v) is 16.0. The monoisotopic (exact) mass is 374 g/mol. The number of hydrogen-bond acceptors (Lipinski definition) is 2. The summed E-state index contributed by atoms with van der Waals surface area (Å²) in [5.41, 5.74) is 2.67. The van der Waals surface area contributed by atoms with Gasteiger partial charge in [0.2, 0.25) is 0 Å². The molecule has 6 heteroatoms. The van der Waals surface area contributed by atoms with Crippen LogP contribution in [0, 0.1) is 5.82 Å². The minimum Gasteiger partial charge on any atom is -0.345 e. The SMILES string of the molecule is CC[NH+](CC)CCNC(=O)c1cc2sccc2n1Cc1ccc(F)cc1. The molecule has 0 aliphatic heterocycles. The third-order valence-electron chi connectivity index (χ3n) is 4.77. The summed E-state index contributed by atoms with van der Waals surface area (Å²) in [5, 5.41) is 5.07. The van der Waals surface area contributed by atoms with E-state index >= 15 is 0 Å². The number of nitrogens with zero attached hydrogens (tertiary/aromatic N) is 1. The van der Waals surface area contributed by atoms with Crippen LogP contribution in [0.25, 0.3) is 10.2 Å². The molecule has 0 unspecified atom stereocenters. The van der Waals surface area contributed by atoms with Gasteiger partial charge in [0.05, 0.1) is 36.4 Å². The van der Waals surface area contributed by atoms with E-state index in [4.69, 9.17) is 0 Å². The van der Waals surface area contributed by atoms with Gasteiger partial charge < -0.3 is 14.8 Å². The van der Waals surface area contributed by atoms with Crippen LogP contribution in [-0.2, 0) is 6.54 Å². The number of thiophene rings is 1.